The fourth-order valence-electron chi connectivity index (χ4n) is 2.06. The summed E-state index contributed by atoms with van der Waals surface area (Å²) in [5.41, 5.74) is 1.20. The molecule has 0 fully saturated rings. The van der Waals surface area contributed by atoms with Gasteiger partial charge in [-0.1, -0.05) is 35.1 Å². The molecule has 0 aliphatic carbocycles. The normalized spacial score (nSPS) is 11.7. The smallest absolute Gasteiger partial charge is 0.344 e. The highest BCUT2D eigenvalue weighted by Gasteiger charge is 2.21. The van der Waals surface area contributed by atoms with Crippen molar-refractivity contribution in [3.8, 4) is 10.4 Å². The zero-order chi connectivity index (χ0) is 16.4. The lowest BCUT2D eigenvalue weighted by atomic mass is 10.2. The van der Waals surface area contributed by atoms with Crippen LogP contribution in [0.4, 0.5) is 0 Å². The van der Waals surface area contributed by atoms with E-state index in [2.05, 4.69) is 10.2 Å². The van der Waals surface area contributed by atoms with E-state index < -0.39 is 5.97 Å². The average molecular weight is 350 g/mol. The summed E-state index contributed by atoms with van der Waals surface area (Å²) in [4.78, 5) is 13.5. The van der Waals surface area contributed by atoms with Crippen LogP contribution in [0.25, 0.3) is 21.0 Å². The Balaban J connectivity index is 2.08. The van der Waals surface area contributed by atoms with Crippen molar-refractivity contribution in [2.45, 2.75) is 0 Å². The van der Waals surface area contributed by atoms with Gasteiger partial charge in [-0.15, -0.1) is 10.2 Å². The Labute approximate surface area is 140 Å². The highest BCUT2D eigenvalue weighted by atomic mass is 35.5. The lowest BCUT2D eigenvalue weighted by Gasteiger charge is -2.02. The number of rotatable bonds is 4. The first-order valence-electron chi connectivity index (χ1n) is 6.56. The molecule has 0 unspecified atom stereocenters. The SMILES string of the molecule is COC=C(C(=O)OC)c1nnc2sc(-c3ccc(Cl)cc3)cn12. The number of ether oxygens (including phenoxy) is 2. The number of methoxy groups -OCH3 is 2. The van der Waals surface area contributed by atoms with Crippen molar-refractivity contribution in [1.82, 2.24) is 14.6 Å². The van der Waals surface area contributed by atoms with Crippen molar-refractivity contribution in [2.75, 3.05) is 14.2 Å². The first kappa shape index (κ1) is 15.5. The molecule has 0 N–H and O–H groups in total. The topological polar surface area (TPSA) is 65.7 Å². The van der Waals surface area contributed by atoms with Crippen molar-refractivity contribution >= 4 is 39.4 Å². The number of carbonyl (C=O) groups is 1. The standard InChI is InChI=1S/C15H12ClN3O3S/c1-21-8-11(14(20)22-2)13-17-18-15-19(13)7-12(23-15)9-3-5-10(16)6-4-9/h3-8H,1-2H3. The molecule has 1 aromatic carbocycles. The molecule has 0 amide bonds. The molecule has 6 nitrogen and oxygen atoms in total. The number of aromatic nitrogens is 3. The van der Waals surface area contributed by atoms with Crippen LogP contribution in [0.2, 0.25) is 5.02 Å². The van der Waals surface area contributed by atoms with Gasteiger partial charge in [-0.25, -0.2) is 4.79 Å². The number of carbonyl (C=O) groups excluding carboxylic acids is 1. The minimum absolute atomic E-state index is 0.197. The van der Waals surface area contributed by atoms with E-state index >= 15 is 0 Å². The maximum absolute atomic E-state index is 11.9. The average Bonchev–Trinajstić information content (AvgIpc) is 3.13. The maximum atomic E-state index is 11.9. The van der Waals surface area contributed by atoms with Crippen LogP contribution in [0.3, 0.4) is 0 Å². The number of hydrogen-bond acceptors (Lipinski definition) is 6. The van der Waals surface area contributed by atoms with Crippen LogP contribution in [-0.4, -0.2) is 34.8 Å². The number of benzene rings is 1. The number of fused-ring (bicyclic) bond motifs is 1. The Morgan fingerprint density at radius 2 is 2.00 bits per heavy atom. The lowest BCUT2D eigenvalue weighted by molar-refractivity contribution is -0.133. The zero-order valence-corrected chi connectivity index (χ0v) is 13.9. The second kappa shape index (κ2) is 6.39. The van der Waals surface area contributed by atoms with Gasteiger partial charge < -0.3 is 9.47 Å². The van der Waals surface area contributed by atoms with E-state index in [4.69, 9.17) is 21.1 Å². The van der Waals surface area contributed by atoms with Gasteiger partial charge in [0.15, 0.2) is 5.82 Å². The Morgan fingerprint density at radius 3 is 2.65 bits per heavy atom. The van der Waals surface area contributed by atoms with Gasteiger partial charge in [0.05, 0.1) is 19.1 Å². The number of hydrogen-bond donors (Lipinski definition) is 0. The van der Waals surface area contributed by atoms with E-state index in [-0.39, 0.29) is 5.57 Å². The summed E-state index contributed by atoms with van der Waals surface area (Å²) in [6.45, 7) is 0. The van der Waals surface area contributed by atoms with Gasteiger partial charge in [0, 0.05) is 11.2 Å². The molecule has 0 saturated carbocycles. The molecular weight excluding hydrogens is 338 g/mol. The van der Waals surface area contributed by atoms with E-state index in [0.717, 1.165) is 10.4 Å². The van der Waals surface area contributed by atoms with E-state index in [1.165, 1.54) is 31.8 Å². The summed E-state index contributed by atoms with van der Waals surface area (Å²) >= 11 is 7.37. The van der Waals surface area contributed by atoms with Crippen molar-refractivity contribution in [3.05, 3.63) is 47.6 Å². The molecule has 8 heteroatoms. The third-order valence-corrected chi connectivity index (χ3v) is 4.40. The third kappa shape index (κ3) is 2.93. The van der Waals surface area contributed by atoms with E-state index in [1.807, 2.05) is 30.5 Å². The molecule has 2 aromatic heterocycles. The molecule has 0 atom stereocenters. The molecular formula is C15H12ClN3O3S. The molecule has 118 valence electrons. The quantitative estimate of drug-likeness (QED) is 0.411. The highest BCUT2D eigenvalue weighted by molar-refractivity contribution is 7.20. The summed E-state index contributed by atoms with van der Waals surface area (Å²) in [5.74, 6) is -0.175. The van der Waals surface area contributed by atoms with Crippen LogP contribution in [0.15, 0.2) is 36.7 Å². The monoisotopic (exact) mass is 349 g/mol. The number of thiazole rings is 1. The van der Waals surface area contributed by atoms with Gasteiger partial charge in [0.25, 0.3) is 0 Å². The van der Waals surface area contributed by atoms with Crippen LogP contribution < -0.4 is 0 Å². The van der Waals surface area contributed by atoms with E-state index in [9.17, 15) is 4.79 Å². The summed E-state index contributed by atoms with van der Waals surface area (Å²) in [5, 5.41) is 8.82. The Morgan fingerprint density at radius 1 is 1.26 bits per heavy atom. The molecule has 23 heavy (non-hydrogen) atoms. The molecule has 3 aromatic rings. The molecule has 0 aliphatic rings. The van der Waals surface area contributed by atoms with Gasteiger partial charge in [-0.05, 0) is 17.7 Å². The molecule has 0 radical (unpaired) electrons. The predicted molar refractivity (Wildman–Crippen MR) is 88.3 cm³/mol. The summed E-state index contributed by atoms with van der Waals surface area (Å²) < 4.78 is 11.4. The van der Waals surface area contributed by atoms with Crippen molar-refractivity contribution in [3.63, 3.8) is 0 Å². The van der Waals surface area contributed by atoms with Crippen LogP contribution >= 0.6 is 22.9 Å². The fraction of sp³-hybridized carbons (Fsp3) is 0.133. The largest absolute Gasteiger partial charge is 0.503 e. The van der Waals surface area contributed by atoms with Gasteiger partial charge >= 0.3 is 5.97 Å². The molecule has 0 aliphatic heterocycles. The van der Waals surface area contributed by atoms with Crippen LogP contribution in [0.1, 0.15) is 5.82 Å². The minimum Gasteiger partial charge on any atom is -0.503 e. The van der Waals surface area contributed by atoms with Crippen LogP contribution in [-0.2, 0) is 14.3 Å². The van der Waals surface area contributed by atoms with E-state index in [0.29, 0.717) is 15.8 Å². The van der Waals surface area contributed by atoms with E-state index in [1.54, 1.807) is 4.40 Å². The number of nitrogens with zero attached hydrogens (tertiary/aromatic N) is 3. The van der Waals surface area contributed by atoms with Crippen molar-refractivity contribution in [1.29, 1.82) is 0 Å². The van der Waals surface area contributed by atoms with Gasteiger partial charge in [-0.3, -0.25) is 4.40 Å². The minimum atomic E-state index is -0.541. The molecule has 0 saturated heterocycles. The van der Waals surface area contributed by atoms with Gasteiger partial charge in [-0.2, -0.15) is 0 Å². The molecule has 2 heterocycles. The maximum Gasteiger partial charge on any atom is 0.344 e. The lowest BCUT2D eigenvalue weighted by Crippen LogP contribution is -2.07. The summed E-state index contributed by atoms with van der Waals surface area (Å²) in [6.07, 6.45) is 3.16. The summed E-state index contributed by atoms with van der Waals surface area (Å²) in [6, 6.07) is 7.49. The first-order valence-corrected chi connectivity index (χ1v) is 7.75. The zero-order valence-electron chi connectivity index (χ0n) is 12.3. The first-order chi connectivity index (χ1) is 11.1. The van der Waals surface area contributed by atoms with Gasteiger partial charge in [0.2, 0.25) is 4.96 Å². The second-order valence-corrected chi connectivity index (χ2v) is 5.98. The molecule has 3 rings (SSSR count). The Bertz CT molecular complexity index is 883. The summed E-state index contributed by atoms with van der Waals surface area (Å²) in [7, 11) is 2.75. The molecule has 0 spiro atoms. The Hall–Kier alpha value is -2.38. The van der Waals surface area contributed by atoms with Gasteiger partial charge in [0.1, 0.15) is 11.8 Å². The van der Waals surface area contributed by atoms with Crippen LogP contribution in [0, 0.1) is 0 Å². The Kier molecular flexibility index (Phi) is 4.31. The number of esters is 1. The van der Waals surface area contributed by atoms with Crippen molar-refractivity contribution < 1.29 is 14.3 Å². The third-order valence-electron chi connectivity index (χ3n) is 3.12. The van der Waals surface area contributed by atoms with Crippen LogP contribution in [0.5, 0.6) is 0 Å². The second-order valence-electron chi connectivity index (χ2n) is 4.54. The predicted octanol–water partition coefficient (Wildman–Crippen LogP) is 3.27. The van der Waals surface area contributed by atoms with Crippen molar-refractivity contribution in [2.24, 2.45) is 0 Å². The fourth-order valence-corrected chi connectivity index (χ4v) is 3.11. The number of halogens is 1. The highest BCUT2D eigenvalue weighted by Crippen LogP contribution is 2.30. The molecule has 0 bridgehead atoms.